The molecule has 0 rings (SSSR count). The summed E-state index contributed by atoms with van der Waals surface area (Å²) in [6.07, 6.45) is 62.8. The number of hydrogen-bond acceptors (Lipinski definition) is 7. The number of carbonyl (C=O) groups excluding carboxylic acids is 2. The second-order valence-corrected chi connectivity index (χ2v) is 19.9. The molecule has 0 amide bonds. The number of unbranched alkanes of at least 4 members (excludes halogenated alkanes) is 24. The van der Waals surface area contributed by atoms with Crippen molar-refractivity contribution in [3.8, 4) is 0 Å². The highest BCUT2D eigenvalue weighted by atomic mass is 16.7. The van der Waals surface area contributed by atoms with Crippen LogP contribution in [-0.2, 0) is 33.3 Å². The van der Waals surface area contributed by atoms with E-state index in [0.717, 1.165) is 57.8 Å². The lowest BCUT2D eigenvalue weighted by Gasteiger charge is -2.25. The maximum atomic E-state index is 12.8. The summed E-state index contributed by atoms with van der Waals surface area (Å²) >= 11 is 0. The van der Waals surface area contributed by atoms with Crippen molar-refractivity contribution >= 4 is 17.9 Å². The molecule has 398 valence electrons. The minimum Gasteiger partial charge on any atom is -0.477 e. The fourth-order valence-corrected chi connectivity index (χ4v) is 7.63. The number of quaternary nitrogens is 1. The van der Waals surface area contributed by atoms with Gasteiger partial charge in [-0.2, -0.15) is 0 Å². The minimum atomic E-state index is -1.53. The number of carbonyl (C=O) groups is 3. The zero-order chi connectivity index (χ0) is 50.6. The molecule has 69 heavy (non-hydrogen) atoms. The highest BCUT2D eigenvalue weighted by Gasteiger charge is 2.25. The molecule has 0 aromatic heterocycles. The molecule has 9 nitrogen and oxygen atoms in total. The third-order valence-corrected chi connectivity index (χ3v) is 11.9. The number of likely N-dealkylation sites (N-methyl/N-ethyl adjacent to an activating group) is 1. The quantitative estimate of drug-likeness (QED) is 0.0211. The largest absolute Gasteiger partial charge is 0.477 e. The van der Waals surface area contributed by atoms with Gasteiger partial charge in [0.1, 0.15) is 13.2 Å². The Labute approximate surface area is 424 Å². The van der Waals surface area contributed by atoms with Gasteiger partial charge in [-0.05, 0) is 77.0 Å². The van der Waals surface area contributed by atoms with Crippen LogP contribution in [0.4, 0.5) is 0 Å². The topological polar surface area (TPSA) is 108 Å². The molecule has 0 aliphatic rings. The van der Waals surface area contributed by atoms with Crippen LogP contribution in [0.15, 0.2) is 72.9 Å². The van der Waals surface area contributed by atoms with Crippen molar-refractivity contribution in [1.82, 2.24) is 0 Å². The Balaban J connectivity index is 4.26. The molecule has 0 fully saturated rings. The van der Waals surface area contributed by atoms with Gasteiger partial charge < -0.3 is 28.5 Å². The summed E-state index contributed by atoms with van der Waals surface area (Å²) < 4.78 is 22.8. The van der Waals surface area contributed by atoms with Crippen LogP contribution in [0.1, 0.15) is 232 Å². The first-order valence-electron chi connectivity index (χ1n) is 28.1. The Bertz CT molecular complexity index is 1360. The van der Waals surface area contributed by atoms with E-state index in [9.17, 15) is 19.5 Å². The molecule has 2 unspecified atom stereocenters. The summed E-state index contributed by atoms with van der Waals surface area (Å²) in [6.45, 7) is 4.70. The van der Waals surface area contributed by atoms with Crippen molar-refractivity contribution in [1.29, 1.82) is 0 Å². The van der Waals surface area contributed by atoms with Crippen LogP contribution in [0, 0.1) is 0 Å². The van der Waals surface area contributed by atoms with Crippen molar-refractivity contribution < 1.29 is 42.9 Å². The number of rotatable bonds is 51. The lowest BCUT2D eigenvalue weighted by molar-refractivity contribution is -0.870. The zero-order valence-electron chi connectivity index (χ0n) is 45.2. The highest BCUT2D eigenvalue weighted by Crippen LogP contribution is 2.16. The van der Waals surface area contributed by atoms with Crippen molar-refractivity contribution in [2.75, 3.05) is 47.5 Å². The molecular weight excluding hydrogens is 863 g/mol. The average molecular weight is 970 g/mol. The lowest BCUT2D eigenvalue weighted by Crippen LogP contribution is -2.40. The van der Waals surface area contributed by atoms with E-state index < -0.39 is 24.3 Å². The van der Waals surface area contributed by atoms with Crippen molar-refractivity contribution in [3.63, 3.8) is 0 Å². The lowest BCUT2D eigenvalue weighted by atomic mass is 10.0. The number of aliphatic carboxylic acids is 1. The number of carboxylic acids is 1. The van der Waals surface area contributed by atoms with Crippen LogP contribution < -0.4 is 0 Å². The number of hydrogen-bond donors (Lipinski definition) is 1. The van der Waals surface area contributed by atoms with Gasteiger partial charge in [-0.15, -0.1) is 0 Å². The normalized spacial score (nSPS) is 13.3. The summed E-state index contributed by atoms with van der Waals surface area (Å²) in [4.78, 5) is 37.3. The molecular formula is C60H106NO8+. The van der Waals surface area contributed by atoms with Gasteiger partial charge in [0, 0.05) is 12.8 Å². The van der Waals surface area contributed by atoms with Gasteiger partial charge in [0.15, 0.2) is 6.10 Å². The van der Waals surface area contributed by atoms with Crippen LogP contribution in [-0.4, -0.2) is 87.4 Å². The zero-order valence-corrected chi connectivity index (χ0v) is 45.2. The first-order chi connectivity index (χ1) is 33.6. The average Bonchev–Trinajstić information content (AvgIpc) is 3.31. The predicted octanol–water partition coefficient (Wildman–Crippen LogP) is 16.2. The Morgan fingerprint density at radius 1 is 0.449 bits per heavy atom. The second kappa shape index (κ2) is 51.1. The molecule has 1 N–H and O–H groups in total. The number of nitrogens with zero attached hydrogens (tertiary/aromatic N) is 1. The van der Waals surface area contributed by atoms with Crippen LogP contribution >= 0.6 is 0 Å². The van der Waals surface area contributed by atoms with E-state index >= 15 is 0 Å². The van der Waals surface area contributed by atoms with E-state index in [1.807, 2.05) is 21.1 Å². The second-order valence-electron chi connectivity index (χ2n) is 19.9. The fraction of sp³-hybridized carbons (Fsp3) is 0.750. The van der Waals surface area contributed by atoms with Crippen molar-refractivity contribution in [2.24, 2.45) is 0 Å². The minimum absolute atomic E-state index is 0.175. The molecule has 0 radical (unpaired) electrons. The molecule has 0 aliphatic heterocycles. The van der Waals surface area contributed by atoms with Gasteiger partial charge in [0.2, 0.25) is 0 Å². The molecule has 0 aliphatic carbocycles. The summed E-state index contributed by atoms with van der Waals surface area (Å²) in [6, 6.07) is 0. The fourth-order valence-electron chi connectivity index (χ4n) is 7.63. The number of esters is 2. The van der Waals surface area contributed by atoms with E-state index in [2.05, 4.69) is 86.8 Å². The monoisotopic (exact) mass is 969 g/mol. The predicted molar refractivity (Wildman–Crippen MR) is 290 cm³/mol. The van der Waals surface area contributed by atoms with E-state index in [4.69, 9.17) is 18.9 Å². The molecule has 0 saturated carbocycles. The highest BCUT2D eigenvalue weighted by molar-refractivity contribution is 5.71. The molecule has 0 spiro atoms. The Morgan fingerprint density at radius 2 is 0.841 bits per heavy atom. The summed E-state index contributed by atoms with van der Waals surface area (Å²) in [7, 11) is 5.94. The maximum absolute atomic E-state index is 12.8. The third-order valence-electron chi connectivity index (χ3n) is 11.9. The van der Waals surface area contributed by atoms with Crippen molar-refractivity contribution in [3.05, 3.63) is 72.9 Å². The number of ether oxygens (including phenoxy) is 4. The third kappa shape index (κ3) is 52.4. The van der Waals surface area contributed by atoms with Gasteiger partial charge in [0.25, 0.3) is 6.29 Å². The summed E-state index contributed by atoms with van der Waals surface area (Å²) in [5.41, 5.74) is 0. The van der Waals surface area contributed by atoms with E-state index in [-0.39, 0.29) is 38.6 Å². The molecule has 0 aromatic carbocycles. The van der Waals surface area contributed by atoms with Crippen LogP contribution in [0.25, 0.3) is 0 Å². The molecule has 0 heterocycles. The molecule has 9 heteroatoms. The van der Waals surface area contributed by atoms with E-state index in [1.54, 1.807) is 0 Å². The van der Waals surface area contributed by atoms with Crippen LogP contribution in [0.5, 0.6) is 0 Å². The SMILES string of the molecule is CC/C=C\C/C=C\C/C=C\C/C=C\C/C=C\CCCC(=O)OC(COC(=O)CCCCCCCCCCCCCCCCC/C=C\CCCCCCCCCC)COC(OCC[N+](C)(C)C)C(=O)O. The van der Waals surface area contributed by atoms with Gasteiger partial charge in [-0.25, -0.2) is 4.79 Å². The van der Waals surface area contributed by atoms with Crippen LogP contribution in [0.3, 0.4) is 0 Å². The standard InChI is InChI=1S/C60H105NO8/c1-6-8-10-12-14-16-18-20-22-24-25-26-27-28-29-30-31-32-33-35-36-38-40-42-44-46-48-50-57(62)67-54-56(55-68-60(59(64)65)66-53-52-61(3,4)5)69-58(63)51-49-47-45-43-41-39-37-34-23-21-19-17-15-13-11-9-7-2/h9,11,15,17,21,23-25,37,39,43,45,56,60H,6-8,10,12-14,16,18-20,22,26-36,38,40-42,44,46-55H2,1-5H3/p+1/b11-9-,17-15-,23-21-,25-24-,39-37-,45-43-. The van der Waals surface area contributed by atoms with E-state index in [1.165, 1.54) is 141 Å². The maximum Gasteiger partial charge on any atom is 0.361 e. The Kier molecular flexibility index (Phi) is 48.7. The first-order valence-corrected chi connectivity index (χ1v) is 28.1. The summed E-state index contributed by atoms with van der Waals surface area (Å²) in [5, 5.41) is 9.68. The first kappa shape index (κ1) is 65.7. The molecule has 2 atom stereocenters. The molecule has 0 bridgehead atoms. The number of carboxylic acid groups (broad SMARTS) is 1. The van der Waals surface area contributed by atoms with Gasteiger partial charge >= 0.3 is 17.9 Å². The Morgan fingerprint density at radius 3 is 1.29 bits per heavy atom. The number of allylic oxidation sites excluding steroid dienone is 12. The molecule has 0 aromatic rings. The van der Waals surface area contributed by atoms with Gasteiger partial charge in [-0.1, -0.05) is 215 Å². The summed E-state index contributed by atoms with van der Waals surface area (Å²) in [5.74, 6) is -2.08. The molecule has 0 saturated heterocycles. The van der Waals surface area contributed by atoms with Crippen molar-refractivity contribution in [2.45, 2.75) is 245 Å². The van der Waals surface area contributed by atoms with Crippen LogP contribution in [0.2, 0.25) is 0 Å². The van der Waals surface area contributed by atoms with E-state index in [0.29, 0.717) is 17.4 Å². The van der Waals surface area contributed by atoms with Gasteiger partial charge in [-0.3, -0.25) is 9.59 Å². The smallest absolute Gasteiger partial charge is 0.361 e. The van der Waals surface area contributed by atoms with Gasteiger partial charge in [0.05, 0.1) is 34.4 Å². The Hall–Kier alpha value is -3.27.